The molecule has 0 amide bonds. The van der Waals surface area contributed by atoms with E-state index in [0.717, 1.165) is 36.1 Å². The third-order valence-electron chi connectivity index (χ3n) is 2.61. The van der Waals surface area contributed by atoms with Crippen molar-refractivity contribution in [3.05, 3.63) is 16.9 Å². The van der Waals surface area contributed by atoms with Gasteiger partial charge in [0.05, 0.1) is 16.9 Å². The van der Waals surface area contributed by atoms with E-state index >= 15 is 0 Å². The molecule has 78 valence electrons. The molecule has 1 aliphatic rings. The van der Waals surface area contributed by atoms with Gasteiger partial charge in [-0.1, -0.05) is 11.6 Å². The summed E-state index contributed by atoms with van der Waals surface area (Å²) >= 11 is 6.00. The maximum atomic E-state index is 6.00. The first kappa shape index (κ1) is 9.99. The summed E-state index contributed by atoms with van der Waals surface area (Å²) in [6.07, 6.45) is 6.56. The van der Waals surface area contributed by atoms with Gasteiger partial charge >= 0.3 is 0 Å². The summed E-state index contributed by atoms with van der Waals surface area (Å²) in [6.45, 7) is 1.09. The van der Waals surface area contributed by atoms with E-state index in [1.165, 1.54) is 12.8 Å². The molecule has 1 aromatic heterocycles. The van der Waals surface area contributed by atoms with Gasteiger partial charge in [0.2, 0.25) is 0 Å². The second-order valence-electron chi connectivity index (χ2n) is 3.89. The first-order valence-corrected chi connectivity index (χ1v) is 5.55. The molecule has 3 nitrogen and oxygen atoms in total. The third-order valence-corrected chi connectivity index (χ3v) is 2.93. The average Bonchev–Trinajstić information content (AvgIpc) is 2.93. The molecule has 0 radical (unpaired) electrons. The molecule has 0 atom stereocenters. The van der Waals surface area contributed by atoms with E-state index < -0.39 is 0 Å². The van der Waals surface area contributed by atoms with Crippen LogP contribution in [0.15, 0.2) is 6.20 Å². The summed E-state index contributed by atoms with van der Waals surface area (Å²) in [5.41, 5.74) is 1.14. The molecule has 1 saturated carbocycles. The quantitative estimate of drug-likeness (QED) is 0.756. The number of hydrogen-bond donors (Lipinski definition) is 1. The van der Waals surface area contributed by atoms with Gasteiger partial charge in [0.1, 0.15) is 0 Å². The van der Waals surface area contributed by atoms with Crippen LogP contribution in [0.4, 0.5) is 0 Å². The molecule has 1 aromatic rings. The number of nitrogens with zero attached hydrogens (tertiary/aromatic N) is 2. The van der Waals surface area contributed by atoms with Crippen molar-refractivity contribution in [1.82, 2.24) is 15.1 Å². The van der Waals surface area contributed by atoms with Crippen LogP contribution in [0.5, 0.6) is 0 Å². The average molecular weight is 214 g/mol. The zero-order valence-electron chi connectivity index (χ0n) is 8.46. The maximum Gasteiger partial charge on any atom is 0.0817 e. The first-order valence-electron chi connectivity index (χ1n) is 5.17. The minimum Gasteiger partial charge on any atom is -0.314 e. The predicted molar refractivity (Wildman–Crippen MR) is 57.6 cm³/mol. The van der Waals surface area contributed by atoms with Gasteiger partial charge in [-0.3, -0.25) is 4.68 Å². The topological polar surface area (TPSA) is 29.9 Å². The molecule has 0 aliphatic heterocycles. The number of halogens is 1. The fourth-order valence-corrected chi connectivity index (χ4v) is 1.83. The fourth-order valence-electron chi connectivity index (χ4n) is 1.57. The van der Waals surface area contributed by atoms with Gasteiger partial charge in [0, 0.05) is 13.1 Å². The third kappa shape index (κ3) is 2.49. The second kappa shape index (κ2) is 4.32. The number of hydrogen-bond acceptors (Lipinski definition) is 2. The second-order valence-corrected chi connectivity index (χ2v) is 4.30. The Morgan fingerprint density at radius 1 is 1.64 bits per heavy atom. The molecular formula is C10H16ClN3. The van der Waals surface area contributed by atoms with Crippen molar-refractivity contribution in [3.63, 3.8) is 0 Å². The van der Waals surface area contributed by atoms with E-state index in [0.29, 0.717) is 0 Å². The SMILES string of the molecule is Cn1ncc(Cl)c1CCCNC1CC1. The highest BCUT2D eigenvalue weighted by Crippen LogP contribution is 2.19. The summed E-state index contributed by atoms with van der Waals surface area (Å²) in [5, 5.41) is 8.38. The Kier molecular flexibility index (Phi) is 3.08. The number of rotatable bonds is 5. The Bertz CT molecular complexity index is 285. The fraction of sp³-hybridized carbons (Fsp3) is 0.700. The summed E-state index contributed by atoms with van der Waals surface area (Å²) in [6, 6.07) is 0.803. The first-order chi connectivity index (χ1) is 6.77. The van der Waals surface area contributed by atoms with E-state index in [2.05, 4.69) is 10.4 Å². The highest BCUT2D eigenvalue weighted by molar-refractivity contribution is 6.31. The lowest BCUT2D eigenvalue weighted by Gasteiger charge is -2.04. The van der Waals surface area contributed by atoms with Gasteiger partial charge in [-0.25, -0.2) is 0 Å². The lowest BCUT2D eigenvalue weighted by molar-refractivity contribution is 0.620. The molecule has 1 N–H and O–H groups in total. The van der Waals surface area contributed by atoms with Crippen LogP contribution in [0.2, 0.25) is 5.02 Å². The van der Waals surface area contributed by atoms with Crippen molar-refractivity contribution in [2.75, 3.05) is 6.54 Å². The molecule has 0 spiro atoms. The van der Waals surface area contributed by atoms with Gasteiger partial charge < -0.3 is 5.32 Å². The molecule has 1 aliphatic carbocycles. The molecular weight excluding hydrogens is 198 g/mol. The highest BCUT2D eigenvalue weighted by atomic mass is 35.5. The van der Waals surface area contributed by atoms with Crippen molar-refractivity contribution in [2.24, 2.45) is 7.05 Å². The van der Waals surface area contributed by atoms with Crippen LogP contribution in [0.3, 0.4) is 0 Å². The van der Waals surface area contributed by atoms with E-state index in [9.17, 15) is 0 Å². The Labute approximate surface area is 89.4 Å². The summed E-state index contributed by atoms with van der Waals surface area (Å²) < 4.78 is 1.86. The maximum absolute atomic E-state index is 6.00. The van der Waals surface area contributed by atoms with Crippen LogP contribution >= 0.6 is 11.6 Å². The van der Waals surface area contributed by atoms with Crippen molar-refractivity contribution in [3.8, 4) is 0 Å². The van der Waals surface area contributed by atoms with E-state index in [1.54, 1.807) is 6.20 Å². The molecule has 14 heavy (non-hydrogen) atoms. The summed E-state index contributed by atoms with van der Waals surface area (Å²) in [4.78, 5) is 0. The molecule has 0 unspecified atom stereocenters. The number of nitrogens with one attached hydrogen (secondary N) is 1. The molecule has 0 aromatic carbocycles. The normalized spacial score (nSPS) is 16.1. The van der Waals surface area contributed by atoms with Crippen LogP contribution in [-0.2, 0) is 13.5 Å². The lowest BCUT2D eigenvalue weighted by Crippen LogP contribution is -2.18. The lowest BCUT2D eigenvalue weighted by atomic mass is 10.2. The van der Waals surface area contributed by atoms with Crippen molar-refractivity contribution in [1.29, 1.82) is 0 Å². The Hall–Kier alpha value is -0.540. The van der Waals surface area contributed by atoms with Crippen molar-refractivity contribution < 1.29 is 0 Å². The van der Waals surface area contributed by atoms with Crippen LogP contribution in [0.1, 0.15) is 25.0 Å². The van der Waals surface area contributed by atoms with Crippen molar-refractivity contribution in [2.45, 2.75) is 31.7 Å². The van der Waals surface area contributed by atoms with Crippen LogP contribution in [0, 0.1) is 0 Å². The number of aromatic nitrogens is 2. The largest absolute Gasteiger partial charge is 0.314 e. The van der Waals surface area contributed by atoms with Gasteiger partial charge in [-0.15, -0.1) is 0 Å². The van der Waals surface area contributed by atoms with Crippen molar-refractivity contribution >= 4 is 11.6 Å². The van der Waals surface area contributed by atoms with Crippen LogP contribution in [-0.4, -0.2) is 22.4 Å². The van der Waals surface area contributed by atoms with Gasteiger partial charge in [0.15, 0.2) is 0 Å². The predicted octanol–water partition coefficient (Wildman–Crippen LogP) is 1.76. The van der Waals surface area contributed by atoms with Gasteiger partial charge in [-0.2, -0.15) is 5.10 Å². The smallest absolute Gasteiger partial charge is 0.0817 e. The van der Waals surface area contributed by atoms with Crippen LogP contribution in [0.25, 0.3) is 0 Å². The molecule has 1 fully saturated rings. The molecule has 1 heterocycles. The Morgan fingerprint density at radius 2 is 2.43 bits per heavy atom. The van der Waals surface area contributed by atoms with E-state index in [1.807, 2.05) is 11.7 Å². The standard InChI is InChI=1S/C10H16ClN3/c1-14-10(9(11)7-13-14)3-2-6-12-8-4-5-8/h7-8,12H,2-6H2,1H3. The zero-order chi connectivity index (χ0) is 9.97. The monoisotopic (exact) mass is 213 g/mol. The molecule has 4 heteroatoms. The van der Waals surface area contributed by atoms with Gasteiger partial charge in [-0.05, 0) is 32.2 Å². The molecule has 0 bridgehead atoms. The van der Waals surface area contributed by atoms with Gasteiger partial charge in [0.25, 0.3) is 0 Å². The summed E-state index contributed by atoms with van der Waals surface area (Å²) in [7, 11) is 1.94. The van der Waals surface area contributed by atoms with E-state index in [-0.39, 0.29) is 0 Å². The summed E-state index contributed by atoms with van der Waals surface area (Å²) in [5.74, 6) is 0. The Balaban J connectivity index is 1.73. The number of aryl methyl sites for hydroxylation is 1. The van der Waals surface area contributed by atoms with E-state index in [4.69, 9.17) is 11.6 Å². The van der Waals surface area contributed by atoms with Crippen LogP contribution < -0.4 is 5.32 Å². The minimum absolute atomic E-state index is 0.791. The minimum atomic E-state index is 0.791. The zero-order valence-corrected chi connectivity index (χ0v) is 9.22. The molecule has 2 rings (SSSR count). The Morgan fingerprint density at radius 3 is 3.00 bits per heavy atom. The molecule has 0 saturated heterocycles. The highest BCUT2D eigenvalue weighted by Gasteiger charge is 2.19.